The van der Waals surface area contributed by atoms with Gasteiger partial charge < -0.3 is 20.5 Å². The number of halogens is 5. The summed E-state index contributed by atoms with van der Waals surface area (Å²) in [5.41, 5.74) is 6.42. The van der Waals surface area contributed by atoms with Gasteiger partial charge in [-0.1, -0.05) is 17.7 Å². The Morgan fingerprint density at radius 3 is 2.64 bits per heavy atom. The number of alkyl halides is 4. The Balaban J connectivity index is 1.52. The van der Waals surface area contributed by atoms with Crippen molar-refractivity contribution in [2.75, 3.05) is 17.6 Å². The van der Waals surface area contributed by atoms with E-state index >= 15 is 0 Å². The number of carbonyl (C=O) groups is 2. The van der Waals surface area contributed by atoms with Gasteiger partial charge in [-0.05, 0) is 43.2 Å². The largest absolute Gasteiger partial charge is 0.416 e. The summed E-state index contributed by atoms with van der Waals surface area (Å²) in [7, 11) is 0. The summed E-state index contributed by atoms with van der Waals surface area (Å²) >= 11 is 5.92. The second-order valence-electron chi connectivity index (χ2n) is 9.41. The van der Waals surface area contributed by atoms with Gasteiger partial charge in [-0.15, -0.1) is 0 Å². The molecule has 9 nitrogen and oxygen atoms in total. The molecule has 3 N–H and O–H groups in total. The van der Waals surface area contributed by atoms with Gasteiger partial charge in [0.1, 0.15) is 47.5 Å². The highest BCUT2D eigenvalue weighted by atomic mass is 35.5. The Bertz CT molecular complexity index is 1640. The lowest BCUT2D eigenvalue weighted by atomic mass is 10.1. The van der Waals surface area contributed by atoms with Gasteiger partial charge in [0.05, 0.1) is 23.0 Å². The van der Waals surface area contributed by atoms with Crippen LogP contribution in [0.2, 0.25) is 5.15 Å². The van der Waals surface area contributed by atoms with E-state index in [0.717, 1.165) is 23.4 Å². The predicted molar refractivity (Wildman–Crippen MR) is 137 cm³/mol. The lowest BCUT2D eigenvalue weighted by Crippen LogP contribution is -2.44. The molecule has 4 heterocycles. The molecule has 0 bridgehead atoms. The molecule has 14 heteroatoms. The van der Waals surface area contributed by atoms with E-state index in [2.05, 4.69) is 20.3 Å². The molecule has 2 amide bonds. The van der Waals surface area contributed by atoms with E-state index in [0.29, 0.717) is 11.1 Å². The minimum atomic E-state index is -4.62. The quantitative estimate of drug-likeness (QED) is 0.280. The van der Waals surface area contributed by atoms with Crippen LogP contribution in [0.1, 0.15) is 23.1 Å². The van der Waals surface area contributed by atoms with Crippen LogP contribution in [0.3, 0.4) is 0 Å². The number of rotatable bonds is 4. The van der Waals surface area contributed by atoms with Gasteiger partial charge in [0, 0.05) is 11.8 Å². The highest BCUT2D eigenvalue weighted by Gasteiger charge is 2.40. The fraction of sp³-hybridized carbons (Fsp3) is 0.320. The predicted octanol–water partition coefficient (Wildman–Crippen LogP) is 4.43. The number of amides is 2. The zero-order chi connectivity index (χ0) is 28.2. The number of aromatic nitrogens is 4. The van der Waals surface area contributed by atoms with E-state index in [4.69, 9.17) is 17.3 Å². The topological polar surface area (TPSA) is 119 Å². The number of pyridine rings is 1. The number of hydrogen-bond donors (Lipinski definition) is 2. The van der Waals surface area contributed by atoms with Crippen LogP contribution >= 0.6 is 11.6 Å². The molecule has 1 fully saturated rings. The molecule has 0 radical (unpaired) electrons. The molecule has 0 spiro atoms. The molecule has 1 aliphatic rings. The summed E-state index contributed by atoms with van der Waals surface area (Å²) in [6.45, 7) is 2.43. The van der Waals surface area contributed by atoms with Crippen molar-refractivity contribution in [2.45, 2.75) is 45.2 Å². The molecule has 1 aliphatic heterocycles. The Hall–Kier alpha value is -4.00. The Kier molecular flexibility index (Phi) is 6.57. The van der Waals surface area contributed by atoms with Crippen molar-refractivity contribution in [3.8, 4) is 0 Å². The second kappa shape index (κ2) is 9.63. The van der Waals surface area contributed by atoms with Crippen molar-refractivity contribution < 1.29 is 27.2 Å². The highest BCUT2D eigenvalue weighted by molar-refractivity contribution is 6.29. The standard InChI is InChI=1S/C25H22ClF4N7O2/c1-11-3-4-17(26)34-22(11)35-24(39)16-7-14(27)8-36(16)18(38)9-37-20-12(2)5-13(25(28,29)30)6-15(20)19-21(31)32-10-33-23(19)37/h3-6,10,14,16H,7-9H2,1-2H3,(H2,31,32,33)(H,34,35,39)/t14-,16+/m1/s1. The maximum absolute atomic E-state index is 14.5. The molecule has 1 saturated heterocycles. The van der Waals surface area contributed by atoms with Crippen molar-refractivity contribution in [1.82, 2.24) is 24.4 Å². The van der Waals surface area contributed by atoms with E-state index in [9.17, 15) is 27.2 Å². The lowest BCUT2D eigenvalue weighted by Gasteiger charge is -2.24. The van der Waals surface area contributed by atoms with Gasteiger partial charge in [-0.2, -0.15) is 13.2 Å². The molecular formula is C25H22ClF4N7O2. The molecule has 0 aliphatic carbocycles. The maximum Gasteiger partial charge on any atom is 0.416 e. The number of likely N-dealkylation sites (tertiary alicyclic amines) is 1. The van der Waals surface area contributed by atoms with Crippen LogP contribution in [0.4, 0.5) is 29.2 Å². The Morgan fingerprint density at radius 2 is 1.92 bits per heavy atom. The van der Waals surface area contributed by atoms with Crippen molar-refractivity contribution in [1.29, 1.82) is 0 Å². The summed E-state index contributed by atoms with van der Waals surface area (Å²) in [6, 6.07) is 3.98. The average Bonchev–Trinajstić information content (AvgIpc) is 3.40. The number of hydrogen-bond acceptors (Lipinski definition) is 6. The van der Waals surface area contributed by atoms with Gasteiger partial charge in [-0.25, -0.2) is 19.3 Å². The molecular weight excluding hydrogens is 542 g/mol. The Labute approximate surface area is 224 Å². The summed E-state index contributed by atoms with van der Waals surface area (Å²) < 4.78 is 56.6. The smallest absolute Gasteiger partial charge is 0.383 e. The third kappa shape index (κ3) is 4.82. The zero-order valence-electron chi connectivity index (χ0n) is 20.7. The number of carbonyl (C=O) groups excluding carboxylic acids is 2. The number of nitrogens with two attached hydrogens (primary N) is 1. The first-order valence-corrected chi connectivity index (χ1v) is 12.2. The minimum Gasteiger partial charge on any atom is -0.383 e. The fourth-order valence-electron chi connectivity index (χ4n) is 4.97. The lowest BCUT2D eigenvalue weighted by molar-refractivity contribution is -0.137. The normalized spacial score (nSPS) is 17.8. The van der Waals surface area contributed by atoms with Crippen LogP contribution in [-0.2, 0) is 22.3 Å². The van der Waals surface area contributed by atoms with Gasteiger partial charge >= 0.3 is 6.18 Å². The average molecular weight is 564 g/mol. The molecule has 4 aromatic rings. The number of nitrogen functional groups attached to an aromatic ring is 1. The number of benzene rings is 1. The SMILES string of the molecule is Cc1ccc(Cl)nc1NC(=O)[C@@H]1C[C@@H](F)CN1C(=O)Cn1c2ncnc(N)c2c2cc(C(F)(F)F)cc(C)c21. The van der Waals surface area contributed by atoms with Crippen LogP contribution in [-0.4, -0.2) is 55.0 Å². The monoisotopic (exact) mass is 563 g/mol. The fourth-order valence-corrected chi connectivity index (χ4v) is 5.12. The number of nitrogens with zero attached hydrogens (tertiary/aromatic N) is 5. The maximum atomic E-state index is 14.5. The van der Waals surface area contributed by atoms with Crippen molar-refractivity contribution in [3.63, 3.8) is 0 Å². The van der Waals surface area contributed by atoms with Crippen LogP contribution in [0.15, 0.2) is 30.6 Å². The third-order valence-electron chi connectivity index (χ3n) is 6.75. The van der Waals surface area contributed by atoms with Crippen LogP contribution in [0.25, 0.3) is 21.9 Å². The number of fused-ring (bicyclic) bond motifs is 3. The number of nitrogens with one attached hydrogen (secondary N) is 1. The minimum absolute atomic E-state index is 0.0541. The van der Waals surface area contributed by atoms with Crippen LogP contribution in [0.5, 0.6) is 0 Å². The van der Waals surface area contributed by atoms with E-state index in [-0.39, 0.29) is 51.7 Å². The summed E-state index contributed by atoms with van der Waals surface area (Å²) in [5, 5.41) is 3.05. The first-order chi connectivity index (χ1) is 18.3. The second-order valence-corrected chi connectivity index (χ2v) is 9.80. The molecule has 5 rings (SSSR count). The van der Waals surface area contributed by atoms with Crippen LogP contribution in [0, 0.1) is 13.8 Å². The first-order valence-electron chi connectivity index (χ1n) is 11.8. The molecule has 0 saturated carbocycles. The molecule has 2 atom stereocenters. The van der Waals surface area contributed by atoms with Gasteiger partial charge in [-0.3, -0.25) is 9.59 Å². The number of aryl methyl sites for hydroxylation is 2. The third-order valence-corrected chi connectivity index (χ3v) is 6.96. The van der Waals surface area contributed by atoms with Crippen LogP contribution < -0.4 is 11.1 Å². The van der Waals surface area contributed by atoms with E-state index < -0.39 is 42.3 Å². The highest BCUT2D eigenvalue weighted by Crippen LogP contribution is 2.38. The van der Waals surface area contributed by atoms with E-state index in [1.165, 1.54) is 11.5 Å². The van der Waals surface area contributed by atoms with Crippen molar-refractivity contribution >= 4 is 57.0 Å². The molecule has 1 aromatic carbocycles. The molecule has 39 heavy (non-hydrogen) atoms. The van der Waals surface area contributed by atoms with E-state index in [1.54, 1.807) is 19.1 Å². The van der Waals surface area contributed by atoms with E-state index in [1.807, 2.05) is 0 Å². The van der Waals surface area contributed by atoms with Gasteiger partial charge in [0.15, 0.2) is 0 Å². The van der Waals surface area contributed by atoms with Gasteiger partial charge in [0.2, 0.25) is 11.8 Å². The summed E-state index contributed by atoms with van der Waals surface area (Å²) in [5.74, 6) is -1.13. The Morgan fingerprint density at radius 1 is 1.18 bits per heavy atom. The molecule has 3 aromatic heterocycles. The number of anilines is 2. The van der Waals surface area contributed by atoms with Gasteiger partial charge in [0.25, 0.3) is 0 Å². The molecule has 0 unspecified atom stereocenters. The zero-order valence-corrected chi connectivity index (χ0v) is 21.4. The summed E-state index contributed by atoms with van der Waals surface area (Å²) in [4.78, 5) is 39.9. The molecule has 204 valence electrons. The van der Waals surface area contributed by atoms with Crippen molar-refractivity contribution in [2.24, 2.45) is 0 Å². The summed E-state index contributed by atoms with van der Waals surface area (Å²) in [6.07, 6.45) is -5.16. The first kappa shape index (κ1) is 26.6. The van der Waals surface area contributed by atoms with Crippen molar-refractivity contribution in [3.05, 3.63) is 52.4 Å².